The summed E-state index contributed by atoms with van der Waals surface area (Å²) >= 11 is 0. The minimum atomic E-state index is -0.0544. The molecule has 5 nitrogen and oxygen atoms in total. The molecule has 0 spiro atoms. The molecule has 3 atom stereocenters. The number of nitrogens with two attached hydrogens (primary N) is 1. The first kappa shape index (κ1) is 12.8. The molecule has 0 aliphatic carbocycles. The smallest absolute Gasteiger partial charge is 0.230 e. The van der Waals surface area contributed by atoms with Crippen LogP contribution in [0.5, 0.6) is 0 Å². The van der Waals surface area contributed by atoms with E-state index >= 15 is 0 Å². The third-order valence-electron chi connectivity index (χ3n) is 3.38. The van der Waals surface area contributed by atoms with Crippen LogP contribution >= 0.6 is 0 Å². The van der Waals surface area contributed by atoms with Crippen molar-refractivity contribution in [1.29, 1.82) is 0 Å². The second-order valence-corrected chi connectivity index (χ2v) is 4.87. The van der Waals surface area contributed by atoms with E-state index in [2.05, 4.69) is 25.9 Å². The first-order chi connectivity index (χ1) is 7.45. The fourth-order valence-electron chi connectivity index (χ4n) is 2.34. The summed E-state index contributed by atoms with van der Waals surface area (Å²) in [5, 5.41) is 11.3. The average molecular weight is 227 g/mol. The maximum Gasteiger partial charge on any atom is 0.230 e. The second kappa shape index (κ2) is 5.18. The molecule has 0 radical (unpaired) electrons. The minimum Gasteiger partial charge on any atom is -0.409 e. The van der Waals surface area contributed by atoms with Crippen molar-refractivity contribution in [3.63, 3.8) is 0 Å². The van der Waals surface area contributed by atoms with Gasteiger partial charge in [0.1, 0.15) is 5.84 Å². The topological polar surface area (TPSA) is 78.9 Å². The number of rotatable bonds is 2. The lowest BCUT2D eigenvalue weighted by atomic mass is 9.86. The molecule has 1 rings (SSSR count). The summed E-state index contributed by atoms with van der Waals surface area (Å²) in [5.74, 6) is 0.937. The summed E-state index contributed by atoms with van der Waals surface area (Å²) in [7, 11) is 0. The fraction of sp³-hybridized carbons (Fsp3) is 0.818. The molecule has 1 fully saturated rings. The summed E-state index contributed by atoms with van der Waals surface area (Å²) < 4.78 is 0. The van der Waals surface area contributed by atoms with Gasteiger partial charge in [0.25, 0.3) is 0 Å². The van der Waals surface area contributed by atoms with Crippen LogP contribution in [0.4, 0.5) is 0 Å². The molecule has 5 heteroatoms. The van der Waals surface area contributed by atoms with E-state index < -0.39 is 0 Å². The molecule has 1 heterocycles. The third-order valence-corrected chi connectivity index (χ3v) is 3.38. The maximum absolute atomic E-state index is 11.9. The van der Waals surface area contributed by atoms with Gasteiger partial charge in [-0.3, -0.25) is 4.79 Å². The zero-order chi connectivity index (χ0) is 12.3. The van der Waals surface area contributed by atoms with Gasteiger partial charge in [-0.05, 0) is 25.2 Å². The Morgan fingerprint density at radius 1 is 1.50 bits per heavy atom. The van der Waals surface area contributed by atoms with Gasteiger partial charge in [0, 0.05) is 12.6 Å². The van der Waals surface area contributed by atoms with Crippen molar-refractivity contribution >= 4 is 11.7 Å². The number of likely N-dealkylation sites (tertiary alicyclic amines) is 1. The minimum absolute atomic E-state index is 0.000278. The van der Waals surface area contributed by atoms with Crippen LogP contribution < -0.4 is 5.73 Å². The van der Waals surface area contributed by atoms with Gasteiger partial charge in [-0.25, -0.2) is 0 Å². The van der Waals surface area contributed by atoms with Crippen molar-refractivity contribution < 1.29 is 10.0 Å². The molecule has 0 bridgehead atoms. The van der Waals surface area contributed by atoms with E-state index in [1.54, 1.807) is 0 Å². The highest BCUT2D eigenvalue weighted by atomic mass is 16.4. The summed E-state index contributed by atoms with van der Waals surface area (Å²) in [6.45, 7) is 7.13. The zero-order valence-corrected chi connectivity index (χ0v) is 10.2. The predicted molar refractivity (Wildman–Crippen MR) is 62.1 cm³/mol. The summed E-state index contributed by atoms with van der Waals surface area (Å²) in [6.07, 6.45) is 1.15. The van der Waals surface area contributed by atoms with Crippen molar-refractivity contribution in [3.8, 4) is 0 Å². The van der Waals surface area contributed by atoms with E-state index in [9.17, 15) is 4.79 Å². The molecule has 0 saturated carbocycles. The number of carbonyl (C=O) groups excluding carboxylic acids is 1. The van der Waals surface area contributed by atoms with Crippen LogP contribution in [-0.4, -0.2) is 34.4 Å². The first-order valence-electron chi connectivity index (χ1n) is 5.71. The molecule has 1 amide bonds. The van der Waals surface area contributed by atoms with Crippen molar-refractivity contribution in [3.05, 3.63) is 0 Å². The van der Waals surface area contributed by atoms with E-state index in [1.807, 2.05) is 4.90 Å². The lowest BCUT2D eigenvalue weighted by Gasteiger charge is -2.41. The number of amides is 1. The number of nitrogens with zero attached hydrogens (tertiary/aromatic N) is 2. The Morgan fingerprint density at radius 3 is 2.69 bits per heavy atom. The number of oxime groups is 1. The molecular weight excluding hydrogens is 206 g/mol. The van der Waals surface area contributed by atoms with E-state index in [0.29, 0.717) is 11.8 Å². The molecule has 1 aliphatic heterocycles. The Morgan fingerprint density at radius 2 is 2.12 bits per heavy atom. The molecule has 0 aromatic heterocycles. The largest absolute Gasteiger partial charge is 0.409 e. The fourth-order valence-corrected chi connectivity index (χ4v) is 2.34. The summed E-state index contributed by atoms with van der Waals surface area (Å²) in [6, 6.07) is 0.232. The van der Waals surface area contributed by atoms with Gasteiger partial charge in [0.2, 0.25) is 5.91 Å². The number of amidine groups is 1. The highest BCUT2D eigenvalue weighted by molar-refractivity contribution is 5.98. The monoisotopic (exact) mass is 227 g/mol. The SMILES string of the molecule is CC1CC(C)C(C)N(C(=O)CC(N)=NO)C1. The third kappa shape index (κ3) is 2.87. The summed E-state index contributed by atoms with van der Waals surface area (Å²) in [5.41, 5.74) is 5.35. The second-order valence-electron chi connectivity index (χ2n) is 4.87. The van der Waals surface area contributed by atoms with Crippen molar-refractivity contribution in [2.24, 2.45) is 22.7 Å². The Hall–Kier alpha value is -1.26. The van der Waals surface area contributed by atoms with Gasteiger partial charge in [0.05, 0.1) is 6.42 Å². The van der Waals surface area contributed by atoms with Crippen LogP contribution in [0.3, 0.4) is 0 Å². The van der Waals surface area contributed by atoms with Crippen LogP contribution in [0.1, 0.15) is 33.6 Å². The van der Waals surface area contributed by atoms with Crippen LogP contribution in [0.25, 0.3) is 0 Å². The molecule has 92 valence electrons. The molecule has 3 N–H and O–H groups in total. The molecular formula is C11H21N3O2. The molecule has 1 saturated heterocycles. The first-order valence-corrected chi connectivity index (χ1v) is 5.71. The van der Waals surface area contributed by atoms with Gasteiger partial charge in [-0.2, -0.15) is 0 Å². The van der Waals surface area contributed by atoms with E-state index in [0.717, 1.165) is 13.0 Å². The van der Waals surface area contributed by atoms with Crippen LogP contribution in [0, 0.1) is 11.8 Å². The van der Waals surface area contributed by atoms with Crippen LogP contribution in [0.15, 0.2) is 5.16 Å². The lowest BCUT2D eigenvalue weighted by Crippen LogP contribution is -2.49. The van der Waals surface area contributed by atoms with Crippen molar-refractivity contribution in [2.45, 2.75) is 39.7 Å². The van der Waals surface area contributed by atoms with Crippen molar-refractivity contribution in [1.82, 2.24) is 4.90 Å². The van der Waals surface area contributed by atoms with Crippen molar-refractivity contribution in [2.75, 3.05) is 6.54 Å². The maximum atomic E-state index is 11.9. The van der Waals surface area contributed by atoms with E-state index in [1.165, 1.54) is 0 Å². The lowest BCUT2D eigenvalue weighted by molar-refractivity contribution is -0.135. The van der Waals surface area contributed by atoms with Crippen LogP contribution in [0.2, 0.25) is 0 Å². The average Bonchev–Trinajstić information content (AvgIpc) is 2.22. The van der Waals surface area contributed by atoms with Gasteiger partial charge in [-0.1, -0.05) is 19.0 Å². The van der Waals surface area contributed by atoms with Gasteiger partial charge in [0.15, 0.2) is 0 Å². The highest BCUT2D eigenvalue weighted by Crippen LogP contribution is 2.27. The molecule has 16 heavy (non-hydrogen) atoms. The molecule has 0 aromatic carbocycles. The standard InChI is InChI=1S/C11H21N3O2/c1-7-4-8(2)9(3)14(6-7)11(15)5-10(12)13-16/h7-9,16H,4-6H2,1-3H3,(H2,12,13). The Labute approximate surface area is 96.3 Å². The normalized spacial score (nSPS) is 31.6. The molecule has 1 aliphatic rings. The Bertz CT molecular complexity index is 291. The van der Waals surface area contributed by atoms with E-state index in [-0.39, 0.29) is 24.2 Å². The Balaban J connectivity index is 2.66. The number of hydrogen-bond donors (Lipinski definition) is 2. The number of hydrogen-bond acceptors (Lipinski definition) is 3. The van der Waals surface area contributed by atoms with Gasteiger partial charge < -0.3 is 15.8 Å². The van der Waals surface area contributed by atoms with Gasteiger partial charge in [-0.15, -0.1) is 0 Å². The predicted octanol–water partition coefficient (Wildman–Crippen LogP) is 1.02. The summed E-state index contributed by atoms with van der Waals surface area (Å²) in [4.78, 5) is 13.8. The highest BCUT2D eigenvalue weighted by Gasteiger charge is 2.31. The molecule has 3 unspecified atom stereocenters. The number of piperidine rings is 1. The number of carbonyl (C=O) groups is 1. The van der Waals surface area contributed by atoms with E-state index in [4.69, 9.17) is 10.9 Å². The van der Waals surface area contributed by atoms with Gasteiger partial charge >= 0.3 is 0 Å². The molecule has 0 aromatic rings. The quantitative estimate of drug-likeness (QED) is 0.320. The Kier molecular flexibility index (Phi) is 4.15. The zero-order valence-electron chi connectivity index (χ0n) is 10.2. The van der Waals surface area contributed by atoms with Crippen LogP contribution in [-0.2, 0) is 4.79 Å².